The molecule has 0 spiro atoms. The highest BCUT2D eigenvalue weighted by molar-refractivity contribution is 5.44. The maximum absolute atomic E-state index is 5.47. The summed E-state index contributed by atoms with van der Waals surface area (Å²) in [4.78, 5) is 0. The summed E-state index contributed by atoms with van der Waals surface area (Å²) in [5, 5.41) is 3.66. The second-order valence-electron chi connectivity index (χ2n) is 4.88. The summed E-state index contributed by atoms with van der Waals surface area (Å²) >= 11 is 0. The fourth-order valence-corrected chi connectivity index (χ4v) is 3.32. The molecule has 1 aromatic rings. The summed E-state index contributed by atoms with van der Waals surface area (Å²) in [6.45, 7) is 1.19. The molecule has 1 heterocycles. The zero-order valence-corrected chi connectivity index (χ0v) is 9.83. The number of ether oxygens (including phenoxy) is 1. The van der Waals surface area contributed by atoms with Crippen molar-refractivity contribution in [2.24, 2.45) is 0 Å². The van der Waals surface area contributed by atoms with E-state index in [2.05, 4.69) is 23.5 Å². The van der Waals surface area contributed by atoms with Crippen LogP contribution >= 0.6 is 0 Å². The van der Waals surface area contributed by atoms with Gasteiger partial charge in [0.25, 0.3) is 0 Å². The molecule has 0 amide bonds. The summed E-state index contributed by atoms with van der Waals surface area (Å²) < 4.78 is 5.47. The van der Waals surface area contributed by atoms with Crippen LogP contribution in [0.2, 0.25) is 0 Å². The summed E-state index contributed by atoms with van der Waals surface area (Å²) in [5.41, 5.74) is 2.98. The highest BCUT2D eigenvalue weighted by Crippen LogP contribution is 2.40. The van der Waals surface area contributed by atoms with E-state index in [0.717, 1.165) is 12.2 Å². The molecule has 2 aliphatic rings. The minimum Gasteiger partial charge on any atom is -0.496 e. The Kier molecular flexibility index (Phi) is 2.60. The molecule has 1 fully saturated rings. The van der Waals surface area contributed by atoms with Gasteiger partial charge in [0.2, 0.25) is 0 Å². The Morgan fingerprint density at radius 3 is 3.12 bits per heavy atom. The molecule has 0 saturated carbocycles. The van der Waals surface area contributed by atoms with Crippen molar-refractivity contribution in [1.82, 2.24) is 5.32 Å². The molecule has 2 nitrogen and oxygen atoms in total. The monoisotopic (exact) mass is 217 g/mol. The highest BCUT2D eigenvalue weighted by Gasteiger charge is 2.32. The first-order chi connectivity index (χ1) is 7.90. The fourth-order valence-electron chi connectivity index (χ4n) is 3.32. The molecule has 16 heavy (non-hydrogen) atoms. The number of fused-ring (bicyclic) bond motifs is 3. The SMILES string of the molecule is COc1cccc2c1CC[C@@H]1NCCC[C@@H]21. The molecule has 0 bridgehead atoms. The van der Waals surface area contributed by atoms with Crippen molar-refractivity contribution in [3.8, 4) is 5.75 Å². The van der Waals surface area contributed by atoms with Gasteiger partial charge in [-0.15, -0.1) is 0 Å². The van der Waals surface area contributed by atoms with E-state index >= 15 is 0 Å². The third-order valence-electron chi connectivity index (χ3n) is 4.08. The standard InChI is InChI=1S/C14H19NO/c1-16-14-6-2-4-10-11-5-3-9-15-13(11)8-7-12(10)14/h2,4,6,11,13,15H,3,5,7-9H2,1H3/t11-,13-/m0/s1. The molecule has 1 aliphatic carbocycles. The van der Waals surface area contributed by atoms with E-state index in [1.807, 2.05) is 0 Å². The molecule has 0 aromatic heterocycles. The van der Waals surface area contributed by atoms with Crippen LogP contribution in [0.5, 0.6) is 5.75 Å². The first-order valence-corrected chi connectivity index (χ1v) is 6.29. The van der Waals surface area contributed by atoms with Crippen molar-refractivity contribution < 1.29 is 4.74 Å². The molecule has 1 aliphatic heterocycles. The van der Waals surface area contributed by atoms with E-state index in [1.54, 1.807) is 7.11 Å². The van der Waals surface area contributed by atoms with Crippen LogP contribution in [0.15, 0.2) is 18.2 Å². The second-order valence-corrected chi connectivity index (χ2v) is 4.88. The molecule has 0 unspecified atom stereocenters. The van der Waals surface area contributed by atoms with Gasteiger partial charge >= 0.3 is 0 Å². The van der Waals surface area contributed by atoms with Gasteiger partial charge in [-0.05, 0) is 55.3 Å². The predicted molar refractivity (Wildman–Crippen MR) is 65.1 cm³/mol. The lowest BCUT2D eigenvalue weighted by Crippen LogP contribution is -2.42. The first kappa shape index (κ1) is 10.2. The van der Waals surface area contributed by atoms with Crippen molar-refractivity contribution in [3.05, 3.63) is 29.3 Å². The van der Waals surface area contributed by atoms with Crippen molar-refractivity contribution >= 4 is 0 Å². The van der Waals surface area contributed by atoms with Gasteiger partial charge in [-0.2, -0.15) is 0 Å². The number of piperidine rings is 1. The molecular weight excluding hydrogens is 198 g/mol. The molecule has 2 heteroatoms. The Labute approximate surface area is 97.0 Å². The fraction of sp³-hybridized carbons (Fsp3) is 0.571. The van der Waals surface area contributed by atoms with E-state index in [4.69, 9.17) is 4.74 Å². The van der Waals surface area contributed by atoms with Gasteiger partial charge in [0.1, 0.15) is 5.75 Å². The highest BCUT2D eigenvalue weighted by atomic mass is 16.5. The molecule has 1 aromatic carbocycles. The van der Waals surface area contributed by atoms with E-state index in [1.165, 1.54) is 36.9 Å². The number of hydrogen-bond acceptors (Lipinski definition) is 2. The zero-order valence-electron chi connectivity index (χ0n) is 9.83. The largest absolute Gasteiger partial charge is 0.496 e. The molecule has 0 radical (unpaired) electrons. The second kappa shape index (κ2) is 4.10. The summed E-state index contributed by atoms with van der Waals surface area (Å²) in [6.07, 6.45) is 5.06. The lowest BCUT2D eigenvalue weighted by molar-refractivity contribution is 0.313. The Balaban J connectivity index is 2.01. The molecular formula is C14H19NO. The van der Waals surface area contributed by atoms with Crippen LogP contribution in [0.25, 0.3) is 0 Å². The van der Waals surface area contributed by atoms with Gasteiger partial charge in [-0.1, -0.05) is 12.1 Å². The number of rotatable bonds is 1. The van der Waals surface area contributed by atoms with Gasteiger partial charge in [-0.25, -0.2) is 0 Å². The number of methoxy groups -OCH3 is 1. The van der Waals surface area contributed by atoms with E-state index in [0.29, 0.717) is 12.0 Å². The Bertz CT molecular complexity index is 388. The van der Waals surface area contributed by atoms with E-state index in [9.17, 15) is 0 Å². The van der Waals surface area contributed by atoms with Crippen LogP contribution in [0.3, 0.4) is 0 Å². The number of nitrogens with one attached hydrogen (secondary N) is 1. The minimum absolute atomic E-state index is 0.702. The average molecular weight is 217 g/mol. The van der Waals surface area contributed by atoms with Gasteiger partial charge in [0, 0.05) is 6.04 Å². The van der Waals surface area contributed by atoms with Crippen LogP contribution in [0, 0.1) is 0 Å². The summed E-state index contributed by atoms with van der Waals surface area (Å²) in [7, 11) is 1.78. The quantitative estimate of drug-likeness (QED) is 0.780. The van der Waals surface area contributed by atoms with E-state index in [-0.39, 0.29) is 0 Å². The van der Waals surface area contributed by atoms with Crippen molar-refractivity contribution in [2.75, 3.05) is 13.7 Å². The van der Waals surface area contributed by atoms with Gasteiger partial charge in [0.05, 0.1) is 7.11 Å². The van der Waals surface area contributed by atoms with Crippen molar-refractivity contribution in [3.63, 3.8) is 0 Å². The average Bonchev–Trinajstić information content (AvgIpc) is 2.37. The summed E-state index contributed by atoms with van der Waals surface area (Å²) in [6, 6.07) is 7.22. The lowest BCUT2D eigenvalue weighted by Gasteiger charge is -2.38. The Morgan fingerprint density at radius 1 is 1.31 bits per heavy atom. The first-order valence-electron chi connectivity index (χ1n) is 6.29. The third-order valence-corrected chi connectivity index (χ3v) is 4.08. The predicted octanol–water partition coefficient (Wildman–Crippen LogP) is 2.48. The third kappa shape index (κ3) is 1.52. The zero-order chi connectivity index (χ0) is 11.0. The lowest BCUT2D eigenvalue weighted by atomic mass is 9.75. The van der Waals surface area contributed by atoms with Crippen LogP contribution in [-0.2, 0) is 6.42 Å². The Morgan fingerprint density at radius 2 is 2.25 bits per heavy atom. The molecule has 2 atom stereocenters. The smallest absolute Gasteiger partial charge is 0.122 e. The summed E-state index contributed by atoms with van der Waals surface area (Å²) in [5.74, 6) is 1.80. The van der Waals surface area contributed by atoms with Crippen molar-refractivity contribution in [1.29, 1.82) is 0 Å². The molecule has 3 rings (SSSR count). The van der Waals surface area contributed by atoms with Crippen LogP contribution < -0.4 is 10.1 Å². The van der Waals surface area contributed by atoms with Crippen LogP contribution in [-0.4, -0.2) is 19.7 Å². The van der Waals surface area contributed by atoms with Gasteiger partial charge in [0.15, 0.2) is 0 Å². The van der Waals surface area contributed by atoms with Crippen LogP contribution in [0.1, 0.15) is 36.3 Å². The van der Waals surface area contributed by atoms with Gasteiger partial charge in [-0.3, -0.25) is 0 Å². The number of hydrogen-bond donors (Lipinski definition) is 1. The topological polar surface area (TPSA) is 21.3 Å². The Hall–Kier alpha value is -1.02. The molecule has 1 N–H and O–H groups in total. The molecule has 86 valence electrons. The normalized spacial score (nSPS) is 28.1. The number of benzene rings is 1. The van der Waals surface area contributed by atoms with E-state index < -0.39 is 0 Å². The maximum atomic E-state index is 5.47. The van der Waals surface area contributed by atoms with Gasteiger partial charge < -0.3 is 10.1 Å². The molecule has 1 saturated heterocycles. The van der Waals surface area contributed by atoms with Crippen LogP contribution in [0.4, 0.5) is 0 Å². The van der Waals surface area contributed by atoms with Crippen molar-refractivity contribution in [2.45, 2.75) is 37.6 Å². The maximum Gasteiger partial charge on any atom is 0.122 e. The minimum atomic E-state index is 0.702.